The fourth-order valence-electron chi connectivity index (χ4n) is 3.94. The van der Waals surface area contributed by atoms with E-state index in [0.717, 1.165) is 24.3 Å². The lowest BCUT2D eigenvalue weighted by Crippen LogP contribution is -2.11. The van der Waals surface area contributed by atoms with Crippen LogP contribution in [0.4, 0.5) is 39.5 Å². The van der Waals surface area contributed by atoms with Crippen molar-refractivity contribution in [1.82, 2.24) is 0 Å². The third-order valence-electron chi connectivity index (χ3n) is 5.94. The molecule has 0 saturated carbocycles. The van der Waals surface area contributed by atoms with Crippen LogP contribution >= 0.6 is 0 Å². The van der Waals surface area contributed by atoms with Crippen molar-refractivity contribution in [3.8, 4) is 22.3 Å². The molecule has 40 heavy (non-hydrogen) atoms. The SMILES string of the molecule is C=CC(F)=C(F)c1ccc(-c2ccc(-c3ccc(C=Cc4cc(F)c(C(F)(F)F)c(F)c4)c(F)c3)c(F)c2)cc1. The van der Waals surface area contributed by atoms with Crippen molar-refractivity contribution in [1.29, 1.82) is 0 Å². The molecule has 0 N–H and O–H groups in total. The molecule has 0 aliphatic rings. The van der Waals surface area contributed by atoms with Crippen molar-refractivity contribution in [2.75, 3.05) is 0 Å². The van der Waals surface area contributed by atoms with E-state index in [0.29, 0.717) is 23.3 Å². The van der Waals surface area contributed by atoms with Gasteiger partial charge in [-0.05, 0) is 52.6 Å². The summed E-state index contributed by atoms with van der Waals surface area (Å²) in [5.74, 6) is -7.31. The summed E-state index contributed by atoms with van der Waals surface area (Å²) in [5, 5.41) is 0. The van der Waals surface area contributed by atoms with Gasteiger partial charge in [-0.2, -0.15) is 13.2 Å². The zero-order valence-electron chi connectivity index (χ0n) is 20.3. The quantitative estimate of drug-likeness (QED) is 0.125. The molecule has 0 radical (unpaired) electrons. The summed E-state index contributed by atoms with van der Waals surface area (Å²) in [6.45, 7) is 3.16. The summed E-state index contributed by atoms with van der Waals surface area (Å²) < 4.78 is 123. The maximum absolute atomic E-state index is 15.0. The van der Waals surface area contributed by atoms with E-state index in [-0.39, 0.29) is 27.8 Å². The van der Waals surface area contributed by atoms with Gasteiger partial charge in [0.25, 0.3) is 0 Å². The van der Waals surface area contributed by atoms with Gasteiger partial charge in [-0.3, -0.25) is 0 Å². The molecule has 0 aromatic heterocycles. The Morgan fingerprint density at radius 1 is 0.625 bits per heavy atom. The predicted octanol–water partition coefficient (Wildman–Crippen LogP) is 10.6. The van der Waals surface area contributed by atoms with Gasteiger partial charge < -0.3 is 0 Å². The lowest BCUT2D eigenvalue weighted by molar-refractivity contribution is -0.142. The van der Waals surface area contributed by atoms with Crippen LogP contribution in [0.5, 0.6) is 0 Å². The molecular weight excluding hydrogens is 543 g/mol. The highest BCUT2D eigenvalue weighted by Crippen LogP contribution is 2.35. The molecule has 9 heteroatoms. The van der Waals surface area contributed by atoms with Crippen LogP contribution in [-0.2, 0) is 6.18 Å². The summed E-state index contributed by atoms with van der Waals surface area (Å²) >= 11 is 0. The Balaban J connectivity index is 1.56. The van der Waals surface area contributed by atoms with Gasteiger partial charge in [0.05, 0.1) is 0 Å². The third kappa shape index (κ3) is 6.03. The molecule has 4 rings (SSSR count). The molecule has 0 saturated heterocycles. The third-order valence-corrected chi connectivity index (χ3v) is 5.94. The lowest BCUT2D eigenvalue weighted by atomic mass is 9.98. The first kappa shape index (κ1) is 28.5. The molecule has 0 unspecified atom stereocenters. The molecule has 0 aliphatic heterocycles. The van der Waals surface area contributed by atoms with Crippen molar-refractivity contribution >= 4 is 18.0 Å². The van der Waals surface area contributed by atoms with Crippen LogP contribution in [0.15, 0.2) is 91.3 Å². The second-order valence-electron chi connectivity index (χ2n) is 8.56. The molecule has 0 atom stereocenters. The second kappa shape index (κ2) is 11.3. The minimum atomic E-state index is -5.21. The Morgan fingerprint density at radius 2 is 1.20 bits per heavy atom. The molecule has 0 spiro atoms. The van der Waals surface area contributed by atoms with Crippen molar-refractivity contribution in [2.45, 2.75) is 6.18 Å². The van der Waals surface area contributed by atoms with Gasteiger partial charge in [0, 0.05) is 16.7 Å². The van der Waals surface area contributed by atoms with Crippen LogP contribution in [0.25, 0.3) is 40.2 Å². The molecule has 0 nitrogen and oxygen atoms in total. The Labute approximate surface area is 223 Å². The molecule has 4 aromatic rings. The number of hydrogen-bond donors (Lipinski definition) is 0. The number of alkyl halides is 3. The largest absolute Gasteiger partial charge is 0.422 e. The number of halogens is 9. The average molecular weight is 560 g/mol. The molecule has 0 fully saturated rings. The van der Waals surface area contributed by atoms with Crippen molar-refractivity contribution < 1.29 is 39.5 Å². The maximum atomic E-state index is 15.0. The van der Waals surface area contributed by atoms with E-state index in [1.54, 1.807) is 6.07 Å². The minimum Gasteiger partial charge on any atom is -0.206 e. The van der Waals surface area contributed by atoms with Crippen molar-refractivity contribution in [3.05, 3.63) is 137 Å². The van der Waals surface area contributed by atoms with Gasteiger partial charge in [0.15, 0.2) is 11.7 Å². The van der Waals surface area contributed by atoms with E-state index >= 15 is 0 Å². The molecule has 0 aliphatic carbocycles. The number of allylic oxidation sites excluding steroid dienone is 2. The van der Waals surface area contributed by atoms with Crippen LogP contribution < -0.4 is 0 Å². The van der Waals surface area contributed by atoms with Crippen LogP contribution in [0, 0.1) is 23.3 Å². The maximum Gasteiger partial charge on any atom is 0.422 e. The summed E-state index contributed by atoms with van der Waals surface area (Å²) in [6.07, 6.45) is -2.31. The fraction of sp³-hybridized carbons (Fsp3) is 0.0323. The van der Waals surface area contributed by atoms with Gasteiger partial charge in [0.2, 0.25) is 0 Å². The lowest BCUT2D eigenvalue weighted by Gasteiger charge is -2.10. The number of benzene rings is 4. The van der Waals surface area contributed by atoms with Gasteiger partial charge in [-0.1, -0.05) is 67.3 Å². The summed E-state index contributed by atoms with van der Waals surface area (Å²) in [5.41, 5.74) is -1.18. The topological polar surface area (TPSA) is 0 Å². The zero-order valence-corrected chi connectivity index (χ0v) is 20.3. The zero-order chi connectivity index (χ0) is 29.2. The predicted molar refractivity (Wildman–Crippen MR) is 137 cm³/mol. The number of rotatable bonds is 6. The average Bonchev–Trinajstić information content (AvgIpc) is 2.90. The van der Waals surface area contributed by atoms with Gasteiger partial charge in [0.1, 0.15) is 28.8 Å². The summed E-state index contributed by atoms with van der Waals surface area (Å²) in [6, 6.07) is 14.4. The van der Waals surface area contributed by atoms with Gasteiger partial charge in [-0.25, -0.2) is 26.3 Å². The Bertz CT molecular complexity index is 1620. The van der Waals surface area contributed by atoms with Crippen LogP contribution in [0.2, 0.25) is 0 Å². The highest BCUT2D eigenvalue weighted by atomic mass is 19.4. The Hall–Kier alpha value is -4.53. The molecule has 0 bridgehead atoms. The van der Waals surface area contributed by atoms with Gasteiger partial charge in [-0.15, -0.1) is 0 Å². The van der Waals surface area contributed by atoms with E-state index in [2.05, 4.69) is 6.58 Å². The van der Waals surface area contributed by atoms with E-state index < -0.39 is 46.7 Å². The molecule has 0 heterocycles. The van der Waals surface area contributed by atoms with Crippen LogP contribution in [-0.4, -0.2) is 0 Å². The van der Waals surface area contributed by atoms with E-state index in [4.69, 9.17) is 0 Å². The first-order valence-electron chi connectivity index (χ1n) is 11.5. The first-order chi connectivity index (χ1) is 18.9. The van der Waals surface area contributed by atoms with Crippen LogP contribution in [0.3, 0.4) is 0 Å². The summed E-state index contributed by atoms with van der Waals surface area (Å²) in [7, 11) is 0. The molecule has 204 valence electrons. The highest BCUT2D eigenvalue weighted by molar-refractivity contribution is 5.75. The summed E-state index contributed by atoms with van der Waals surface area (Å²) in [4.78, 5) is 0. The normalized spacial score (nSPS) is 12.5. The molecule has 0 amide bonds. The van der Waals surface area contributed by atoms with E-state index in [1.165, 1.54) is 48.5 Å². The highest BCUT2D eigenvalue weighted by Gasteiger charge is 2.37. The monoisotopic (exact) mass is 560 g/mol. The smallest absolute Gasteiger partial charge is 0.206 e. The molecule has 4 aromatic carbocycles. The van der Waals surface area contributed by atoms with E-state index in [1.807, 2.05) is 0 Å². The number of hydrogen-bond acceptors (Lipinski definition) is 0. The first-order valence-corrected chi connectivity index (χ1v) is 11.5. The Kier molecular flexibility index (Phi) is 8.04. The van der Waals surface area contributed by atoms with Crippen LogP contribution in [0.1, 0.15) is 22.3 Å². The van der Waals surface area contributed by atoms with E-state index in [9.17, 15) is 39.5 Å². The second-order valence-corrected chi connectivity index (χ2v) is 8.56. The fourth-order valence-corrected chi connectivity index (χ4v) is 3.94. The van der Waals surface area contributed by atoms with Crippen molar-refractivity contribution in [3.63, 3.8) is 0 Å². The minimum absolute atomic E-state index is 0.0172. The van der Waals surface area contributed by atoms with Gasteiger partial charge >= 0.3 is 6.18 Å². The van der Waals surface area contributed by atoms with Crippen molar-refractivity contribution in [2.24, 2.45) is 0 Å². The molecular formula is C31H17F9. The Morgan fingerprint density at radius 3 is 1.75 bits per heavy atom. The standard InChI is InChI=1S/C31H17F9/c1-2-24(32)30(37)20-8-5-18(6-9-20)21-11-12-23(26(34)15-21)22-10-7-19(25(33)16-22)4-3-17-13-27(35)29(28(36)14-17)31(38,39)40/h2-16H,1H2.